The number of aryl methyl sites for hydroxylation is 2. The predicted molar refractivity (Wildman–Crippen MR) is 115 cm³/mol. The van der Waals surface area contributed by atoms with E-state index in [1.807, 2.05) is 0 Å². The van der Waals surface area contributed by atoms with E-state index in [0.717, 1.165) is 18.5 Å². The van der Waals surface area contributed by atoms with Gasteiger partial charge in [0.05, 0.1) is 10.6 Å². The minimum atomic E-state index is -3.49. The van der Waals surface area contributed by atoms with Crippen molar-refractivity contribution in [1.29, 1.82) is 0 Å². The van der Waals surface area contributed by atoms with Gasteiger partial charge >= 0.3 is 0 Å². The quantitative estimate of drug-likeness (QED) is 0.794. The number of piperidine rings is 1. The lowest BCUT2D eigenvalue weighted by molar-refractivity contribution is -0.120. The first-order chi connectivity index (χ1) is 14.0. The number of carbonyl (C=O) groups excluding carboxylic acids is 1. The highest BCUT2D eigenvalue weighted by molar-refractivity contribution is 7.89. The molecule has 29 heavy (non-hydrogen) atoms. The van der Waals surface area contributed by atoms with Crippen LogP contribution < -0.4 is 5.32 Å². The molecule has 4 rings (SSSR count). The van der Waals surface area contributed by atoms with Crippen LogP contribution in [0.1, 0.15) is 49.1 Å². The molecule has 1 aliphatic heterocycles. The molecule has 0 atom stereocenters. The molecule has 1 fully saturated rings. The van der Waals surface area contributed by atoms with Gasteiger partial charge in [-0.1, -0.05) is 31.0 Å². The van der Waals surface area contributed by atoms with Crippen molar-refractivity contribution in [1.82, 2.24) is 9.29 Å². The van der Waals surface area contributed by atoms with Crippen molar-refractivity contribution in [2.75, 3.05) is 18.4 Å². The lowest BCUT2D eigenvalue weighted by Gasteiger charge is -2.30. The molecule has 8 heteroatoms. The molecule has 1 N–H and O–H groups in total. The Bertz CT molecular complexity index is 923. The van der Waals surface area contributed by atoms with E-state index in [-0.39, 0.29) is 11.8 Å². The summed E-state index contributed by atoms with van der Waals surface area (Å²) in [5, 5.41) is 3.69. The molecule has 1 aromatic carbocycles. The average molecular weight is 434 g/mol. The summed E-state index contributed by atoms with van der Waals surface area (Å²) in [5.41, 5.74) is 1.15. The highest BCUT2D eigenvalue weighted by Gasteiger charge is 2.32. The molecular weight excluding hydrogens is 406 g/mol. The lowest BCUT2D eigenvalue weighted by atomic mass is 9.97. The number of aromatic nitrogens is 1. The third-order valence-corrected chi connectivity index (χ3v) is 8.77. The van der Waals surface area contributed by atoms with E-state index >= 15 is 0 Å². The number of benzene rings is 1. The standard InChI is InChI=1S/C21H27N3O3S2/c25-20(23-21-22-18-10-6-1-2-7-11-19(18)28-21)16-12-14-24(15-13-16)29(26,27)17-8-4-3-5-9-17/h3-5,8-9,16H,1-2,6-7,10-15H2,(H,22,23,25). The summed E-state index contributed by atoms with van der Waals surface area (Å²) in [7, 11) is -3.49. The van der Waals surface area contributed by atoms with E-state index in [2.05, 4.69) is 10.3 Å². The molecule has 0 spiro atoms. The Kier molecular flexibility index (Phi) is 6.32. The van der Waals surface area contributed by atoms with E-state index in [4.69, 9.17) is 0 Å². The van der Waals surface area contributed by atoms with Gasteiger partial charge in [-0.15, -0.1) is 11.3 Å². The van der Waals surface area contributed by atoms with Crippen molar-refractivity contribution in [2.45, 2.75) is 56.3 Å². The Balaban J connectivity index is 1.35. The molecule has 0 bridgehead atoms. The molecule has 0 radical (unpaired) electrons. The van der Waals surface area contributed by atoms with Gasteiger partial charge in [0, 0.05) is 23.9 Å². The minimum absolute atomic E-state index is 0.0384. The number of sulfonamides is 1. The molecule has 6 nitrogen and oxygen atoms in total. The van der Waals surface area contributed by atoms with Gasteiger partial charge in [0.25, 0.3) is 0 Å². The molecular formula is C21H27N3O3S2. The maximum Gasteiger partial charge on any atom is 0.243 e. The van der Waals surface area contributed by atoms with Gasteiger partial charge in [0.1, 0.15) is 0 Å². The molecule has 1 amide bonds. The first-order valence-electron chi connectivity index (χ1n) is 10.4. The van der Waals surface area contributed by atoms with Crippen LogP contribution in [-0.2, 0) is 27.7 Å². The van der Waals surface area contributed by atoms with Crippen molar-refractivity contribution in [2.24, 2.45) is 5.92 Å². The van der Waals surface area contributed by atoms with Crippen LogP contribution in [0.3, 0.4) is 0 Å². The number of carbonyl (C=O) groups is 1. The molecule has 0 saturated carbocycles. The second kappa shape index (κ2) is 8.93. The third kappa shape index (κ3) is 4.70. The number of hydrogen-bond acceptors (Lipinski definition) is 5. The van der Waals surface area contributed by atoms with Gasteiger partial charge in [0.2, 0.25) is 15.9 Å². The number of anilines is 1. The van der Waals surface area contributed by atoms with Crippen molar-refractivity contribution >= 4 is 32.4 Å². The number of amides is 1. The average Bonchev–Trinajstić information content (AvgIpc) is 3.09. The Hall–Kier alpha value is -1.77. The number of nitrogens with zero attached hydrogens (tertiary/aromatic N) is 2. The normalized spacial score (nSPS) is 19.2. The van der Waals surface area contributed by atoms with Crippen LogP contribution in [0.2, 0.25) is 0 Å². The summed E-state index contributed by atoms with van der Waals surface area (Å²) in [6.07, 6.45) is 7.99. The van der Waals surface area contributed by atoms with Crippen molar-refractivity contribution < 1.29 is 13.2 Å². The summed E-state index contributed by atoms with van der Waals surface area (Å²) in [6, 6.07) is 8.48. The second-order valence-electron chi connectivity index (χ2n) is 7.78. The number of rotatable bonds is 4. The fraction of sp³-hybridized carbons (Fsp3) is 0.524. The molecule has 2 aromatic rings. The lowest BCUT2D eigenvalue weighted by Crippen LogP contribution is -2.41. The summed E-state index contributed by atoms with van der Waals surface area (Å²) < 4.78 is 27.0. The van der Waals surface area contributed by atoms with Crippen molar-refractivity contribution in [3.8, 4) is 0 Å². The van der Waals surface area contributed by atoms with Gasteiger partial charge in [0.15, 0.2) is 5.13 Å². The van der Waals surface area contributed by atoms with E-state index in [1.165, 1.54) is 34.9 Å². The number of thiazole rings is 1. The molecule has 1 aromatic heterocycles. The van der Waals surface area contributed by atoms with E-state index in [1.54, 1.807) is 41.7 Å². The smallest absolute Gasteiger partial charge is 0.243 e. The summed E-state index contributed by atoms with van der Waals surface area (Å²) in [6.45, 7) is 0.730. The molecule has 2 heterocycles. The van der Waals surface area contributed by atoms with Crippen LogP contribution in [0.4, 0.5) is 5.13 Å². The van der Waals surface area contributed by atoms with Gasteiger partial charge in [-0.25, -0.2) is 13.4 Å². The van der Waals surface area contributed by atoms with Crippen LogP contribution in [0.15, 0.2) is 35.2 Å². The molecule has 156 valence electrons. The van der Waals surface area contributed by atoms with Crippen LogP contribution in [0.25, 0.3) is 0 Å². The molecule has 2 aliphatic rings. The van der Waals surface area contributed by atoms with E-state index in [0.29, 0.717) is 36.0 Å². The monoisotopic (exact) mass is 433 g/mol. The highest BCUT2D eigenvalue weighted by atomic mass is 32.2. The van der Waals surface area contributed by atoms with E-state index < -0.39 is 10.0 Å². The predicted octanol–water partition coefficient (Wildman–Crippen LogP) is 3.84. The first kappa shape index (κ1) is 20.5. The Morgan fingerprint density at radius 1 is 1.03 bits per heavy atom. The minimum Gasteiger partial charge on any atom is -0.302 e. The highest BCUT2D eigenvalue weighted by Crippen LogP contribution is 2.30. The van der Waals surface area contributed by atoms with Crippen LogP contribution >= 0.6 is 11.3 Å². The van der Waals surface area contributed by atoms with Crippen molar-refractivity contribution in [3.05, 3.63) is 40.9 Å². The third-order valence-electron chi connectivity index (χ3n) is 5.78. The van der Waals surface area contributed by atoms with Crippen LogP contribution in [-0.4, -0.2) is 36.7 Å². The zero-order valence-corrected chi connectivity index (χ0v) is 18.1. The molecule has 0 unspecified atom stereocenters. The molecule has 1 saturated heterocycles. The Morgan fingerprint density at radius 2 is 1.72 bits per heavy atom. The maximum atomic E-state index is 12.7. The van der Waals surface area contributed by atoms with Crippen molar-refractivity contribution in [3.63, 3.8) is 0 Å². The van der Waals surface area contributed by atoms with Crippen LogP contribution in [0, 0.1) is 5.92 Å². The number of nitrogens with one attached hydrogen (secondary N) is 1. The number of fused-ring (bicyclic) bond motifs is 1. The van der Waals surface area contributed by atoms with E-state index in [9.17, 15) is 13.2 Å². The fourth-order valence-corrected chi connectivity index (χ4v) is 6.61. The Morgan fingerprint density at radius 3 is 2.45 bits per heavy atom. The Labute approximate surface area is 176 Å². The zero-order valence-electron chi connectivity index (χ0n) is 16.5. The first-order valence-corrected chi connectivity index (χ1v) is 12.6. The molecule has 1 aliphatic carbocycles. The van der Waals surface area contributed by atoms with Gasteiger partial charge in [-0.05, 0) is 50.7 Å². The van der Waals surface area contributed by atoms with Crippen LogP contribution in [0.5, 0.6) is 0 Å². The van der Waals surface area contributed by atoms with Gasteiger partial charge in [-0.2, -0.15) is 4.31 Å². The largest absolute Gasteiger partial charge is 0.302 e. The maximum absolute atomic E-state index is 12.7. The zero-order chi connectivity index (χ0) is 20.3. The summed E-state index contributed by atoms with van der Waals surface area (Å²) >= 11 is 1.60. The second-order valence-corrected chi connectivity index (χ2v) is 10.8. The SMILES string of the molecule is O=C(Nc1nc2c(s1)CCCCCC2)C1CCN(S(=O)(=O)c2ccccc2)CC1. The topological polar surface area (TPSA) is 79.4 Å². The fourth-order valence-electron chi connectivity index (χ4n) is 4.07. The van der Waals surface area contributed by atoms with Gasteiger partial charge < -0.3 is 5.32 Å². The number of hydrogen-bond donors (Lipinski definition) is 1. The van der Waals surface area contributed by atoms with Gasteiger partial charge in [-0.3, -0.25) is 4.79 Å². The summed E-state index contributed by atoms with van der Waals surface area (Å²) in [4.78, 5) is 19.0. The summed E-state index contributed by atoms with van der Waals surface area (Å²) in [5.74, 6) is -0.216.